The highest BCUT2D eigenvalue weighted by molar-refractivity contribution is 5.88. The standard InChI is InChI=1S/C20H16FN3O3/c1-3-8-24(14-5-6-15(20(26)27)17(21)10-14)11-13-4-7-18-16(9-13)19(25)23-12(2)22-18/h1,4-7,9-10H,8,11H2,2H3,(H,26,27)(H,22,23,25). The molecule has 1 heterocycles. The minimum Gasteiger partial charge on any atom is -0.478 e. The average molecular weight is 365 g/mol. The van der Waals surface area contributed by atoms with Crippen molar-refractivity contribution in [3.63, 3.8) is 0 Å². The zero-order valence-corrected chi connectivity index (χ0v) is 14.5. The lowest BCUT2D eigenvalue weighted by molar-refractivity contribution is 0.0692. The van der Waals surface area contributed by atoms with E-state index in [2.05, 4.69) is 15.9 Å². The summed E-state index contributed by atoms with van der Waals surface area (Å²) >= 11 is 0. The second-order valence-electron chi connectivity index (χ2n) is 6.03. The zero-order chi connectivity index (χ0) is 19.6. The highest BCUT2D eigenvalue weighted by atomic mass is 19.1. The van der Waals surface area contributed by atoms with Gasteiger partial charge in [0.2, 0.25) is 0 Å². The number of halogens is 1. The van der Waals surface area contributed by atoms with Crippen LogP contribution in [0.15, 0.2) is 41.2 Å². The van der Waals surface area contributed by atoms with Crippen LogP contribution in [0, 0.1) is 25.1 Å². The SMILES string of the molecule is C#CCN(Cc1ccc2nc(C)[nH]c(=O)c2c1)c1ccc(C(=O)O)c(F)c1. The van der Waals surface area contributed by atoms with Crippen LogP contribution in [0.4, 0.5) is 10.1 Å². The van der Waals surface area contributed by atoms with Gasteiger partial charge in [0.05, 0.1) is 23.0 Å². The molecule has 0 aliphatic rings. The van der Waals surface area contributed by atoms with Crippen molar-refractivity contribution in [3.05, 3.63) is 69.5 Å². The number of fused-ring (bicyclic) bond motifs is 1. The van der Waals surface area contributed by atoms with Gasteiger partial charge in [0.25, 0.3) is 5.56 Å². The lowest BCUT2D eigenvalue weighted by atomic mass is 10.1. The normalized spacial score (nSPS) is 10.6. The van der Waals surface area contributed by atoms with Crippen LogP contribution in [-0.2, 0) is 6.54 Å². The van der Waals surface area contributed by atoms with Crippen molar-refractivity contribution in [2.24, 2.45) is 0 Å². The molecule has 1 aromatic heterocycles. The number of carboxylic acids is 1. The highest BCUT2D eigenvalue weighted by Gasteiger charge is 2.14. The van der Waals surface area contributed by atoms with Crippen LogP contribution in [0.5, 0.6) is 0 Å². The Morgan fingerprint density at radius 3 is 2.78 bits per heavy atom. The van der Waals surface area contributed by atoms with Crippen molar-refractivity contribution in [1.82, 2.24) is 9.97 Å². The van der Waals surface area contributed by atoms with Gasteiger partial charge < -0.3 is 15.0 Å². The number of benzene rings is 2. The number of aryl methyl sites for hydroxylation is 1. The Morgan fingerprint density at radius 1 is 1.33 bits per heavy atom. The summed E-state index contributed by atoms with van der Waals surface area (Å²) in [6, 6.07) is 9.12. The van der Waals surface area contributed by atoms with Gasteiger partial charge in [-0.15, -0.1) is 6.42 Å². The number of aromatic nitrogens is 2. The molecule has 0 aliphatic carbocycles. The number of hydrogen-bond donors (Lipinski definition) is 2. The van der Waals surface area contributed by atoms with Crippen LogP contribution < -0.4 is 10.5 Å². The van der Waals surface area contributed by atoms with Gasteiger partial charge in [0.15, 0.2) is 0 Å². The summed E-state index contributed by atoms with van der Waals surface area (Å²) in [7, 11) is 0. The molecule has 0 atom stereocenters. The van der Waals surface area contributed by atoms with Crippen LogP contribution in [0.3, 0.4) is 0 Å². The van der Waals surface area contributed by atoms with Crippen molar-refractivity contribution in [2.45, 2.75) is 13.5 Å². The first-order valence-corrected chi connectivity index (χ1v) is 8.10. The molecular formula is C20H16FN3O3. The first kappa shape index (κ1) is 18.1. The van der Waals surface area contributed by atoms with Gasteiger partial charge in [0.1, 0.15) is 11.6 Å². The van der Waals surface area contributed by atoms with Gasteiger partial charge in [-0.25, -0.2) is 14.2 Å². The molecule has 3 aromatic rings. The Hall–Kier alpha value is -3.66. The quantitative estimate of drug-likeness (QED) is 0.679. The Bertz CT molecular complexity index is 1130. The van der Waals surface area contributed by atoms with Crippen LogP contribution >= 0.6 is 0 Å². The molecule has 0 saturated heterocycles. The monoisotopic (exact) mass is 365 g/mol. The molecule has 6 nitrogen and oxygen atoms in total. The summed E-state index contributed by atoms with van der Waals surface area (Å²) in [5.41, 5.74) is 1.18. The number of hydrogen-bond acceptors (Lipinski definition) is 4. The second kappa shape index (κ2) is 7.30. The van der Waals surface area contributed by atoms with Crippen LogP contribution in [0.2, 0.25) is 0 Å². The maximum absolute atomic E-state index is 14.0. The molecular weight excluding hydrogens is 349 g/mol. The van der Waals surface area contributed by atoms with Crippen molar-refractivity contribution in [1.29, 1.82) is 0 Å². The number of H-pyrrole nitrogens is 1. The van der Waals surface area contributed by atoms with E-state index in [9.17, 15) is 14.0 Å². The molecule has 0 aliphatic heterocycles. The van der Waals surface area contributed by atoms with Gasteiger partial charge >= 0.3 is 5.97 Å². The summed E-state index contributed by atoms with van der Waals surface area (Å²) in [5.74, 6) is 0.866. The minimum atomic E-state index is -1.33. The van der Waals surface area contributed by atoms with Crippen molar-refractivity contribution < 1.29 is 14.3 Å². The van der Waals surface area contributed by atoms with Crippen LogP contribution in [0.1, 0.15) is 21.7 Å². The molecule has 0 fully saturated rings. The molecule has 2 N–H and O–H groups in total. The maximum Gasteiger partial charge on any atom is 0.338 e. The molecule has 0 unspecified atom stereocenters. The summed E-state index contributed by atoms with van der Waals surface area (Å²) in [6.07, 6.45) is 5.42. The molecule has 3 rings (SSSR count). The average Bonchev–Trinajstić information content (AvgIpc) is 2.61. The Kier molecular flexibility index (Phi) is 4.90. The maximum atomic E-state index is 14.0. The predicted octanol–water partition coefficient (Wildman–Crippen LogP) is 2.71. The van der Waals surface area contributed by atoms with Gasteiger partial charge in [-0.3, -0.25) is 4.79 Å². The number of aromatic amines is 1. The van der Waals surface area contributed by atoms with Gasteiger partial charge in [-0.2, -0.15) is 0 Å². The number of terminal acetylenes is 1. The number of rotatable bonds is 5. The first-order chi connectivity index (χ1) is 12.9. The second-order valence-corrected chi connectivity index (χ2v) is 6.03. The summed E-state index contributed by atoms with van der Waals surface area (Å²) in [4.78, 5) is 31.8. The molecule has 0 saturated carbocycles. The third-order valence-corrected chi connectivity index (χ3v) is 4.09. The van der Waals surface area contributed by atoms with E-state index in [1.54, 1.807) is 24.0 Å². The van der Waals surface area contributed by atoms with Crippen molar-refractivity contribution in [2.75, 3.05) is 11.4 Å². The molecule has 0 spiro atoms. The summed E-state index contributed by atoms with van der Waals surface area (Å²) in [6.45, 7) is 2.21. The molecule has 27 heavy (non-hydrogen) atoms. The van der Waals surface area contributed by atoms with Crippen molar-refractivity contribution in [3.8, 4) is 12.3 Å². The third-order valence-electron chi connectivity index (χ3n) is 4.09. The number of aromatic carboxylic acids is 1. The Morgan fingerprint density at radius 2 is 2.11 bits per heavy atom. The van der Waals surface area contributed by atoms with E-state index < -0.39 is 17.3 Å². The lowest BCUT2D eigenvalue weighted by Gasteiger charge is -2.23. The smallest absolute Gasteiger partial charge is 0.338 e. The fourth-order valence-electron chi connectivity index (χ4n) is 2.84. The van der Waals surface area contributed by atoms with E-state index in [0.717, 1.165) is 11.6 Å². The molecule has 0 radical (unpaired) electrons. The van der Waals surface area contributed by atoms with Crippen molar-refractivity contribution >= 4 is 22.6 Å². The van der Waals surface area contributed by atoms with Gasteiger partial charge in [0, 0.05) is 12.2 Å². The molecule has 7 heteroatoms. The number of carbonyl (C=O) groups is 1. The topological polar surface area (TPSA) is 86.3 Å². The fraction of sp³-hybridized carbons (Fsp3) is 0.150. The fourth-order valence-corrected chi connectivity index (χ4v) is 2.84. The van der Waals surface area contributed by atoms with E-state index >= 15 is 0 Å². The first-order valence-electron chi connectivity index (χ1n) is 8.10. The molecule has 136 valence electrons. The Balaban J connectivity index is 1.96. The van der Waals surface area contributed by atoms with E-state index in [4.69, 9.17) is 11.5 Å². The summed E-state index contributed by atoms with van der Waals surface area (Å²) in [5, 5.41) is 9.41. The largest absolute Gasteiger partial charge is 0.478 e. The number of carboxylic acid groups (broad SMARTS) is 1. The minimum absolute atomic E-state index is 0.187. The molecule has 2 aromatic carbocycles. The van der Waals surface area contributed by atoms with E-state index in [-0.39, 0.29) is 12.1 Å². The van der Waals surface area contributed by atoms with E-state index in [0.29, 0.717) is 29.0 Å². The van der Waals surface area contributed by atoms with E-state index in [1.807, 2.05) is 6.07 Å². The lowest BCUT2D eigenvalue weighted by Crippen LogP contribution is -2.23. The van der Waals surface area contributed by atoms with Crippen LogP contribution in [-0.4, -0.2) is 27.6 Å². The Labute approximate surface area is 154 Å². The number of nitrogens with one attached hydrogen (secondary N) is 1. The molecule has 0 amide bonds. The van der Waals surface area contributed by atoms with E-state index in [1.165, 1.54) is 12.1 Å². The van der Waals surface area contributed by atoms with Crippen LogP contribution in [0.25, 0.3) is 10.9 Å². The number of nitrogens with zero attached hydrogens (tertiary/aromatic N) is 2. The third kappa shape index (κ3) is 3.80. The zero-order valence-electron chi connectivity index (χ0n) is 14.5. The van der Waals surface area contributed by atoms with Gasteiger partial charge in [-0.05, 0) is 42.8 Å². The summed E-state index contributed by atoms with van der Waals surface area (Å²) < 4.78 is 14.0. The van der Waals surface area contributed by atoms with Gasteiger partial charge in [-0.1, -0.05) is 12.0 Å². The number of anilines is 1. The molecule has 0 bridgehead atoms. The highest BCUT2D eigenvalue weighted by Crippen LogP contribution is 2.22. The predicted molar refractivity (Wildman–Crippen MR) is 100 cm³/mol.